The minimum absolute atomic E-state index is 0. The Hall–Kier alpha value is -1.13. The molecule has 0 aromatic carbocycles. The third-order valence-electron chi connectivity index (χ3n) is 3.47. The van der Waals surface area contributed by atoms with Gasteiger partial charge < -0.3 is 19.7 Å². The maximum atomic E-state index is 9.66. The maximum Gasteiger partial charge on any atom is 0.236 e. The van der Waals surface area contributed by atoms with Crippen LogP contribution < -0.4 is 5.32 Å². The van der Waals surface area contributed by atoms with Crippen molar-refractivity contribution in [1.29, 1.82) is 0 Å². The number of hydrogen-bond acceptors (Lipinski definition) is 5. The number of thiophene rings is 1. The van der Waals surface area contributed by atoms with Crippen LogP contribution in [0.1, 0.15) is 19.0 Å². The van der Waals surface area contributed by atoms with Crippen molar-refractivity contribution in [2.45, 2.75) is 26.0 Å². The van der Waals surface area contributed by atoms with Crippen LogP contribution in [-0.4, -0.2) is 46.7 Å². The Morgan fingerprint density at radius 2 is 2.48 bits per heavy atom. The van der Waals surface area contributed by atoms with E-state index < -0.39 is 0 Å². The van der Waals surface area contributed by atoms with E-state index in [4.69, 9.17) is 4.42 Å². The van der Waals surface area contributed by atoms with Gasteiger partial charge in [0.2, 0.25) is 5.89 Å². The number of nitrogens with zero attached hydrogens (tertiary/aromatic N) is 3. The van der Waals surface area contributed by atoms with Gasteiger partial charge in [0.25, 0.3) is 0 Å². The fourth-order valence-electron chi connectivity index (χ4n) is 2.41. The van der Waals surface area contributed by atoms with Crippen molar-refractivity contribution in [2.24, 2.45) is 4.99 Å². The van der Waals surface area contributed by atoms with Crippen molar-refractivity contribution in [1.82, 2.24) is 15.2 Å². The summed E-state index contributed by atoms with van der Waals surface area (Å²) in [4.78, 5) is 12.2. The summed E-state index contributed by atoms with van der Waals surface area (Å²) in [7, 11) is 0. The molecule has 2 aromatic heterocycles. The number of guanidine groups is 1. The highest BCUT2D eigenvalue weighted by molar-refractivity contribution is 14.0. The molecular formula is C15H21IN4O2S. The van der Waals surface area contributed by atoms with Crippen molar-refractivity contribution in [3.63, 3.8) is 0 Å². The van der Waals surface area contributed by atoms with Crippen molar-refractivity contribution >= 4 is 41.3 Å². The van der Waals surface area contributed by atoms with Gasteiger partial charge in [-0.2, -0.15) is 0 Å². The maximum absolute atomic E-state index is 9.66. The van der Waals surface area contributed by atoms with Gasteiger partial charge in [-0.15, -0.1) is 35.3 Å². The molecule has 1 aliphatic rings. The molecule has 1 aliphatic heterocycles. The van der Waals surface area contributed by atoms with Crippen molar-refractivity contribution < 1.29 is 9.52 Å². The van der Waals surface area contributed by atoms with Crippen LogP contribution in [0.15, 0.2) is 33.2 Å². The quantitative estimate of drug-likeness (QED) is 0.428. The lowest BCUT2D eigenvalue weighted by molar-refractivity contribution is 0.188. The monoisotopic (exact) mass is 448 g/mol. The lowest BCUT2D eigenvalue weighted by Crippen LogP contribution is -2.40. The number of aliphatic imine (C=N–C) groups is 1. The fourth-order valence-corrected chi connectivity index (χ4v) is 3.06. The molecule has 0 unspecified atom stereocenters. The molecule has 2 N–H and O–H groups in total. The molecule has 3 heterocycles. The van der Waals surface area contributed by atoms with Gasteiger partial charge >= 0.3 is 0 Å². The first-order valence-electron chi connectivity index (χ1n) is 7.46. The first-order chi connectivity index (χ1) is 10.8. The molecule has 0 saturated carbocycles. The zero-order valence-corrected chi connectivity index (χ0v) is 16.1. The highest BCUT2D eigenvalue weighted by Gasteiger charge is 2.22. The largest absolute Gasteiger partial charge is 0.443 e. The normalized spacial score (nSPS) is 18.1. The average molecular weight is 448 g/mol. The predicted octanol–water partition coefficient (Wildman–Crippen LogP) is 2.55. The zero-order valence-electron chi connectivity index (χ0n) is 12.9. The van der Waals surface area contributed by atoms with Crippen LogP contribution in [0.5, 0.6) is 0 Å². The third kappa shape index (κ3) is 4.67. The van der Waals surface area contributed by atoms with E-state index in [0.29, 0.717) is 19.0 Å². The number of rotatable bonds is 4. The Labute approximate surface area is 156 Å². The van der Waals surface area contributed by atoms with Crippen LogP contribution in [0.2, 0.25) is 0 Å². The number of β-amino-alcohol motifs (C(OH)–C–C–N with tert-alkyl or cyclic N) is 1. The number of oxazole rings is 1. The van der Waals surface area contributed by atoms with Crippen molar-refractivity contribution in [2.75, 3.05) is 19.6 Å². The standard InChI is InChI=1S/C15H20N4O2S.HI/c1-2-16-15(19-6-5-12(20)9-19)17-8-11-10-21-14(18-11)13-4-3-7-22-13;/h3-4,7,10,12,20H,2,5-6,8-9H2,1H3,(H,16,17);1H/t12-;/m1./s1. The van der Waals surface area contributed by atoms with Crippen LogP contribution in [0.25, 0.3) is 10.8 Å². The number of halogens is 1. The summed E-state index contributed by atoms with van der Waals surface area (Å²) < 4.78 is 5.50. The van der Waals surface area contributed by atoms with Crippen LogP contribution >= 0.6 is 35.3 Å². The van der Waals surface area contributed by atoms with E-state index in [1.165, 1.54) is 0 Å². The van der Waals surface area contributed by atoms with Crippen molar-refractivity contribution in [3.8, 4) is 10.8 Å². The van der Waals surface area contributed by atoms with Gasteiger partial charge in [-0.05, 0) is 24.8 Å². The second kappa shape index (κ2) is 8.65. The topological polar surface area (TPSA) is 73.9 Å². The van der Waals surface area contributed by atoms with Gasteiger partial charge in [-0.3, -0.25) is 0 Å². The summed E-state index contributed by atoms with van der Waals surface area (Å²) in [5.74, 6) is 1.46. The van der Waals surface area contributed by atoms with E-state index in [-0.39, 0.29) is 30.1 Å². The molecule has 0 amide bonds. The molecule has 2 aromatic rings. The van der Waals surface area contributed by atoms with E-state index in [1.807, 2.05) is 24.4 Å². The van der Waals surface area contributed by atoms with E-state index in [0.717, 1.165) is 36.0 Å². The van der Waals surface area contributed by atoms with E-state index in [1.54, 1.807) is 17.6 Å². The van der Waals surface area contributed by atoms with Gasteiger partial charge in [-0.25, -0.2) is 9.98 Å². The number of aliphatic hydroxyl groups excluding tert-OH is 1. The molecule has 6 nitrogen and oxygen atoms in total. The molecule has 0 aliphatic carbocycles. The number of aliphatic hydroxyl groups is 1. The van der Waals surface area contributed by atoms with Crippen LogP contribution in [0.3, 0.4) is 0 Å². The summed E-state index contributed by atoms with van der Waals surface area (Å²) in [5, 5.41) is 14.9. The van der Waals surface area contributed by atoms with Gasteiger partial charge in [0.1, 0.15) is 12.0 Å². The molecule has 8 heteroatoms. The van der Waals surface area contributed by atoms with E-state index >= 15 is 0 Å². The summed E-state index contributed by atoms with van der Waals surface area (Å²) in [6, 6.07) is 3.96. The lowest BCUT2D eigenvalue weighted by Gasteiger charge is -2.20. The first kappa shape index (κ1) is 18.2. The minimum atomic E-state index is -0.263. The molecule has 0 bridgehead atoms. The fraction of sp³-hybridized carbons (Fsp3) is 0.467. The van der Waals surface area contributed by atoms with Gasteiger partial charge in [0.05, 0.1) is 17.5 Å². The molecule has 126 valence electrons. The Bertz CT molecular complexity index is 629. The summed E-state index contributed by atoms with van der Waals surface area (Å²) in [5.41, 5.74) is 0.804. The van der Waals surface area contributed by atoms with Crippen LogP contribution in [-0.2, 0) is 6.54 Å². The highest BCUT2D eigenvalue weighted by Crippen LogP contribution is 2.23. The molecule has 0 radical (unpaired) electrons. The first-order valence-corrected chi connectivity index (χ1v) is 8.34. The van der Waals surface area contributed by atoms with Gasteiger partial charge in [0.15, 0.2) is 5.96 Å². The Kier molecular flexibility index (Phi) is 6.85. The number of aromatic nitrogens is 1. The highest BCUT2D eigenvalue weighted by atomic mass is 127. The summed E-state index contributed by atoms with van der Waals surface area (Å²) >= 11 is 1.60. The van der Waals surface area contributed by atoms with E-state index in [9.17, 15) is 5.11 Å². The predicted molar refractivity (Wildman–Crippen MR) is 102 cm³/mol. The Morgan fingerprint density at radius 1 is 1.61 bits per heavy atom. The number of hydrogen-bond donors (Lipinski definition) is 2. The smallest absolute Gasteiger partial charge is 0.236 e. The second-order valence-electron chi connectivity index (χ2n) is 5.18. The number of nitrogens with one attached hydrogen (secondary N) is 1. The average Bonchev–Trinajstić information content (AvgIpc) is 3.24. The SMILES string of the molecule is CCNC(=NCc1coc(-c2cccs2)n1)N1CC[C@@H](O)C1.I. The minimum Gasteiger partial charge on any atom is -0.443 e. The Morgan fingerprint density at radius 3 is 3.13 bits per heavy atom. The van der Waals surface area contributed by atoms with E-state index in [2.05, 4.69) is 20.2 Å². The number of likely N-dealkylation sites (tertiary alicyclic amines) is 1. The zero-order chi connectivity index (χ0) is 15.4. The molecule has 1 fully saturated rings. The molecule has 3 rings (SSSR count). The van der Waals surface area contributed by atoms with Gasteiger partial charge in [-0.1, -0.05) is 6.07 Å². The van der Waals surface area contributed by atoms with Crippen LogP contribution in [0.4, 0.5) is 0 Å². The van der Waals surface area contributed by atoms with Crippen molar-refractivity contribution in [3.05, 3.63) is 29.5 Å². The van der Waals surface area contributed by atoms with Crippen LogP contribution in [0, 0.1) is 0 Å². The molecule has 0 spiro atoms. The molecule has 1 atom stereocenters. The molecule has 1 saturated heterocycles. The molecule has 23 heavy (non-hydrogen) atoms. The van der Waals surface area contributed by atoms with Gasteiger partial charge in [0, 0.05) is 19.6 Å². The lowest BCUT2D eigenvalue weighted by atomic mass is 10.3. The Balaban J connectivity index is 0.00000192. The second-order valence-corrected chi connectivity index (χ2v) is 6.13. The molecular weight excluding hydrogens is 427 g/mol. The summed E-state index contributed by atoms with van der Waals surface area (Å²) in [6.07, 6.45) is 2.18. The summed E-state index contributed by atoms with van der Waals surface area (Å²) in [6.45, 7) is 4.75. The third-order valence-corrected chi connectivity index (χ3v) is 4.33.